The molecule has 0 atom stereocenters. The van der Waals surface area contributed by atoms with Crippen molar-refractivity contribution in [3.8, 4) is 0 Å². The number of amides is 1. The Morgan fingerprint density at radius 3 is 2.60 bits per heavy atom. The lowest BCUT2D eigenvalue weighted by Gasteiger charge is -2.20. The van der Waals surface area contributed by atoms with E-state index in [9.17, 15) is 4.79 Å². The molecule has 1 aromatic carbocycles. The van der Waals surface area contributed by atoms with E-state index in [0.29, 0.717) is 28.6 Å². The van der Waals surface area contributed by atoms with Crippen LogP contribution in [0, 0.1) is 0 Å². The van der Waals surface area contributed by atoms with Crippen LogP contribution >= 0.6 is 11.6 Å². The van der Waals surface area contributed by atoms with Gasteiger partial charge in [0.2, 0.25) is 0 Å². The van der Waals surface area contributed by atoms with Gasteiger partial charge in [0.1, 0.15) is 5.82 Å². The number of primary amides is 1. The van der Waals surface area contributed by atoms with Gasteiger partial charge in [-0.15, -0.1) is 0 Å². The summed E-state index contributed by atoms with van der Waals surface area (Å²) in [6.45, 7) is 0.578. The van der Waals surface area contributed by atoms with Crippen molar-refractivity contribution >= 4 is 29.0 Å². The Balaban J connectivity index is 2.27. The van der Waals surface area contributed by atoms with Crippen LogP contribution < -0.4 is 16.4 Å². The van der Waals surface area contributed by atoms with E-state index in [-0.39, 0.29) is 0 Å². The topological polar surface area (TPSA) is 85.2 Å². The predicted molar refractivity (Wildman–Crippen MR) is 80.7 cm³/mol. The molecule has 5 nitrogen and oxygen atoms in total. The van der Waals surface area contributed by atoms with Gasteiger partial charge in [-0.3, -0.25) is 4.79 Å². The van der Waals surface area contributed by atoms with Gasteiger partial charge in [0.15, 0.2) is 0 Å². The summed E-state index contributed by atoms with van der Waals surface area (Å²) in [6.07, 6.45) is 1.50. The maximum Gasteiger partial charge on any atom is 0.252 e. The van der Waals surface area contributed by atoms with E-state index in [2.05, 4.69) is 4.98 Å². The van der Waals surface area contributed by atoms with Crippen molar-refractivity contribution in [3.63, 3.8) is 0 Å². The Morgan fingerprint density at radius 1 is 1.35 bits per heavy atom. The van der Waals surface area contributed by atoms with E-state index in [4.69, 9.17) is 23.1 Å². The van der Waals surface area contributed by atoms with Gasteiger partial charge in [0.25, 0.3) is 5.91 Å². The fourth-order valence-electron chi connectivity index (χ4n) is 1.90. The number of nitrogens with two attached hydrogens (primary N) is 2. The van der Waals surface area contributed by atoms with E-state index in [1.54, 1.807) is 0 Å². The SMILES string of the molecule is CN(Cc1ccc(Cl)cc1)c1ncc(N)cc1C(N)=O. The number of hydrogen-bond donors (Lipinski definition) is 2. The summed E-state index contributed by atoms with van der Waals surface area (Å²) < 4.78 is 0. The smallest absolute Gasteiger partial charge is 0.252 e. The average Bonchev–Trinajstić information content (AvgIpc) is 2.41. The molecule has 0 saturated carbocycles. The van der Waals surface area contributed by atoms with Gasteiger partial charge in [-0.25, -0.2) is 4.98 Å². The molecule has 1 amide bonds. The highest BCUT2D eigenvalue weighted by Gasteiger charge is 2.14. The van der Waals surface area contributed by atoms with Gasteiger partial charge < -0.3 is 16.4 Å². The largest absolute Gasteiger partial charge is 0.397 e. The summed E-state index contributed by atoms with van der Waals surface area (Å²) in [4.78, 5) is 17.5. The first-order valence-corrected chi connectivity index (χ1v) is 6.36. The molecule has 104 valence electrons. The standard InChI is InChI=1S/C14H15ClN4O/c1-19(8-9-2-4-10(15)5-3-9)14-12(13(17)20)6-11(16)7-18-14/h2-7H,8,16H2,1H3,(H2,17,20). The Hall–Kier alpha value is -2.27. The Bertz CT molecular complexity index is 628. The Kier molecular flexibility index (Phi) is 4.10. The molecule has 0 aliphatic carbocycles. The fraction of sp³-hybridized carbons (Fsp3) is 0.143. The van der Waals surface area contributed by atoms with Crippen LogP contribution in [0.2, 0.25) is 5.02 Å². The minimum absolute atomic E-state index is 0.307. The van der Waals surface area contributed by atoms with E-state index >= 15 is 0 Å². The minimum Gasteiger partial charge on any atom is -0.397 e. The number of hydrogen-bond acceptors (Lipinski definition) is 4. The minimum atomic E-state index is -0.553. The summed E-state index contributed by atoms with van der Waals surface area (Å²) >= 11 is 5.85. The van der Waals surface area contributed by atoms with Crippen molar-refractivity contribution < 1.29 is 4.79 Å². The van der Waals surface area contributed by atoms with Gasteiger partial charge in [0, 0.05) is 18.6 Å². The van der Waals surface area contributed by atoms with Crippen molar-refractivity contribution in [2.75, 3.05) is 17.7 Å². The monoisotopic (exact) mass is 290 g/mol. The summed E-state index contributed by atoms with van der Waals surface area (Å²) in [5.74, 6) is -0.0515. The van der Waals surface area contributed by atoms with Crippen LogP contribution in [0.15, 0.2) is 36.5 Å². The van der Waals surface area contributed by atoms with Gasteiger partial charge in [-0.1, -0.05) is 23.7 Å². The maximum absolute atomic E-state index is 11.5. The van der Waals surface area contributed by atoms with Crippen LogP contribution in [0.1, 0.15) is 15.9 Å². The Labute approximate surface area is 122 Å². The Morgan fingerprint density at radius 2 is 2.00 bits per heavy atom. The van der Waals surface area contributed by atoms with Gasteiger partial charge in [0.05, 0.1) is 17.4 Å². The molecule has 0 saturated heterocycles. The molecule has 6 heteroatoms. The lowest BCUT2D eigenvalue weighted by Crippen LogP contribution is -2.23. The number of pyridine rings is 1. The first kappa shape index (κ1) is 14.1. The molecule has 0 aliphatic heterocycles. The number of nitrogen functional groups attached to an aromatic ring is 1. The number of halogens is 1. The van der Waals surface area contributed by atoms with E-state index in [0.717, 1.165) is 5.56 Å². The molecule has 2 rings (SSSR count). The second-order valence-electron chi connectivity index (χ2n) is 4.49. The molecular formula is C14H15ClN4O. The molecule has 1 aromatic heterocycles. The molecule has 1 heterocycles. The van der Waals surface area contributed by atoms with Gasteiger partial charge >= 0.3 is 0 Å². The van der Waals surface area contributed by atoms with Gasteiger partial charge in [-0.05, 0) is 23.8 Å². The molecule has 0 aliphatic rings. The second-order valence-corrected chi connectivity index (χ2v) is 4.92. The number of carbonyl (C=O) groups is 1. The lowest BCUT2D eigenvalue weighted by molar-refractivity contribution is 0.100. The first-order valence-electron chi connectivity index (χ1n) is 5.98. The van der Waals surface area contributed by atoms with E-state index < -0.39 is 5.91 Å². The van der Waals surface area contributed by atoms with Gasteiger partial charge in [-0.2, -0.15) is 0 Å². The summed E-state index contributed by atoms with van der Waals surface area (Å²) in [5.41, 5.74) is 12.7. The number of rotatable bonds is 4. The molecule has 0 unspecified atom stereocenters. The van der Waals surface area contributed by atoms with Crippen LogP contribution in [0.25, 0.3) is 0 Å². The number of aromatic nitrogens is 1. The first-order chi connectivity index (χ1) is 9.47. The summed E-state index contributed by atoms with van der Waals surface area (Å²) in [6, 6.07) is 9.00. The van der Waals surface area contributed by atoms with Crippen LogP contribution in [-0.4, -0.2) is 17.9 Å². The highest BCUT2D eigenvalue weighted by atomic mass is 35.5. The highest BCUT2D eigenvalue weighted by molar-refractivity contribution is 6.30. The molecule has 4 N–H and O–H groups in total. The van der Waals surface area contributed by atoms with Crippen molar-refractivity contribution in [3.05, 3.63) is 52.7 Å². The predicted octanol–water partition coefficient (Wildman–Crippen LogP) is 2.05. The number of anilines is 2. The fourth-order valence-corrected chi connectivity index (χ4v) is 2.02. The molecule has 0 spiro atoms. The molecule has 0 radical (unpaired) electrons. The third-order valence-corrected chi connectivity index (χ3v) is 3.10. The number of nitrogens with zero attached hydrogens (tertiary/aromatic N) is 2. The van der Waals surface area contributed by atoms with Crippen molar-refractivity contribution in [2.45, 2.75) is 6.54 Å². The third kappa shape index (κ3) is 3.19. The van der Waals surface area contributed by atoms with Crippen molar-refractivity contribution in [1.82, 2.24) is 4.98 Å². The maximum atomic E-state index is 11.5. The van der Waals surface area contributed by atoms with Crippen LogP contribution in [0.5, 0.6) is 0 Å². The van der Waals surface area contributed by atoms with E-state index in [1.807, 2.05) is 36.2 Å². The van der Waals surface area contributed by atoms with Crippen molar-refractivity contribution in [1.29, 1.82) is 0 Å². The summed E-state index contributed by atoms with van der Waals surface area (Å²) in [5, 5.41) is 0.680. The molecule has 20 heavy (non-hydrogen) atoms. The molecule has 0 fully saturated rings. The van der Waals surface area contributed by atoms with Crippen LogP contribution in [-0.2, 0) is 6.54 Å². The molecule has 2 aromatic rings. The zero-order valence-electron chi connectivity index (χ0n) is 11.0. The zero-order valence-corrected chi connectivity index (χ0v) is 11.8. The third-order valence-electron chi connectivity index (χ3n) is 2.85. The molecular weight excluding hydrogens is 276 g/mol. The van der Waals surface area contributed by atoms with Crippen LogP contribution in [0.3, 0.4) is 0 Å². The number of benzene rings is 1. The highest BCUT2D eigenvalue weighted by Crippen LogP contribution is 2.20. The van der Waals surface area contributed by atoms with Crippen molar-refractivity contribution in [2.24, 2.45) is 5.73 Å². The zero-order chi connectivity index (χ0) is 14.7. The summed E-state index contributed by atoms with van der Waals surface area (Å²) in [7, 11) is 1.83. The quantitative estimate of drug-likeness (QED) is 0.902. The normalized spacial score (nSPS) is 10.3. The second kappa shape index (κ2) is 5.79. The lowest BCUT2D eigenvalue weighted by atomic mass is 10.2. The van der Waals surface area contributed by atoms with E-state index in [1.165, 1.54) is 12.3 Å². The van der Waals surface area contributed by atoms with Crippen LogP contribution in [0.4, 0.5) is 11.5 Å². The average molecular weight is 291 g/mol. The molecule has 0 bridgehead atoms. The number of carbonyl (C=O) groups excluding carboxylic acids is 1.